The largest absolute Gasteiger partial charge is 0.497 e. The van der Waals surface area contributed by atoms with Crippen LogP contribution in [0.4, 0.5) is 0 Å². The Balaban J connectivity index is 1.36. The van der Waals surface area contributed by atoms with Crippen LogP contribution < -0.4 is 4.74 Å². The zero-order chi connectivity index (χ0) is 26.0. The molecule has 194 valence electrons. The van der Waals surface area contributed by atoms with Gasteiger partial charge in [-0.1, -0.05) is 24.0 Å². The molecular formula is C28H32N4O4S. The van der Waals surface area contributed by atoms with Crippen molar-refractivity contribution in [3.05, 3.63) is 77.7 Å². The van der Waals surface area contributed by atoms with Crippen molar-refractivity contribution in [1.82, 2.24) is 18.8 Å². The topological polar surface area (TPSA) is 87.9 Å². The van der Waals surface area contributed by atoms with Gasteiger partial charge in [0.05, 0.1) is 20.0 Å². The van der Waals surface area contributed by atoms with Crippen molar-refractivity contribution in [2.75, 3.05) is 33.4 Å². The maximum absolute atomic E-state index is 13.4. The molecule has 0 bridgehead atoms. The Kier molecular flexibility index (Phi) is 7.36. The SMILES string of the molecule is COc1ccc(C#Cc2ccc([C@H]3[C@@H](CO)N4CCCCN(S(=O)(=O)c5cn(C)cn5)C[C@@H]34)cc2)cc1. The van der Waals surface area contributed by atoms with E-state index in [1.165, 1.54) is 6.33 Å². The van der Waals surface area contributed by atoms with Crippen LogP contribution in [-0.2, 0) is 17.1 Å². The number of aliphatic hydroxyl groups excluding tert-OH is 1. The van der Waals surface area contributed by atoms with E-state index in [-0.39, 0.29) is 29.6 Å². The van der Waals surface area contributed by atoms with Crippen LogP contribution in [0.15, 0.2) is 66.1 Å². The lowest BCUT2D eigenvalue weighted by Gasteiger charge is -2.57. The number of aryl methyl sites for hydroxylation is 1. The van der Waals surface area contributed by atoms with Crippen molar-refractivity contribution in [3.8, 4) is 17.6 Å². The number of ether oxygens (including phenoxy) is 1. The molecule has 0 radical (unpaired) electrons. The minimum atomic E-state index is -3.69. The first-order chi connectivity index (χ1) is 17.9. The number of methoxy groups -OCH3 is 1. The number of nitrogens with zero attached hydrogens (tertiary/aromatic N) is 4. The normalized spacial score (nSPS) is 22.6. The van der Waals surface area contributed by atoms with Gasteiger partial charge in [-0.05, 0) is 61.3 Å². The third kappa shape index (κ3) is 5.15. The predicted molar refractivity (Wildman–Crippen MR) is 141 cm³/mol. The molecule has 0 saturated carbocycles. The Morgan fingerprint density at radius 3 is 2.27 bits per heavy atom. The second-order valence-corrected chi connectivity index (χ2v) is 11.5. The summed E-state index contributed by atoms with van der Waals surface area (Å²) in [6.07, 6.45) is 4.72. The number of hydrogen-bond donors (Lipinski definition) is 1. The van der Waals surface area contributed by atoms with Gasteiger partial charge in [0, 0.05) is 55.5 Å². The van der Waals surface area contributed by atoms with Gasteiger partial charge in [0.15, 0.2) is 5.03 Å². The lowest BCUT2D eigenvalue weighted by atomic mass is 9.74. The van der Waals surface area contributed by atoms with Crippen LogP contribution >= 0.6 is 0 Å². The maximum atomic E-state index is 13.4. The minimum Gasteiger partial charge on any atom is -0.497 e. The van der Waals surface area contributed by atoms with E-state index < -0.39 is 10.0 Å². The van der Waals surface area contributed by atoms with Crippen molar-refractivity contribution in [2.45, 2.75) is 35.9 Å². The Morgan fingerprint density at radius 2 is 1.68 bits per heavy atom. The summed E-state index contributed by atoms with van der Waals surface area (Å²) in [6, 6.07) is 15.7. The van der Waals surface area contributed by atoms with Gasteiger partial charge in [-0.25, -0.2) is 13.4 Å². The van der Waals surface area contributed by atoms with Gasteiger partial charge < -0.3 is 14.4 Å². The van der Waals surface area contributed by atoms with Gasteiger partial charge in [-0.2, -0.15) is 4.31 Å². The van der Waals surface area contributed by atoms with Crippen LogP contribution in [-0.4, -0.2) is 77.7 Å². The first-order valence-electron chi connectivity index (χ1n) is 12.5. The van der Waals surface area contributed by atoms with Gasteiger partial charge in [0.2, 0.25) is 0 Å². The highest BCUT2D eigenvalue weighted by atomic mass is 32.2. The molecule has 5 rings (SSSR count). The van der Waals surface area contributed by atoms with Crippen LogP contribution in [0, 0.1) is 11.8 Å². The molecule has 1 aromatic heterocycles. The van der Waals surface area contributed by atoms with Gasteiger partial charge in [0.1, 0.15) is 5.75 Å². The van der Waals surface area contributed by atoms with Crippen molar-refractivity contribution in [3.63, 3.8) is 0 Å². The number of hydrogen-bond acceptors (Lipinski definition) is 6. The number of rotatable bonds is 5. The maximum Gasteiger partial charge on any atom is 0.262 e. The number of aromatic nitrogens is 2. The van der Waals surface area contributed by atoms with Crippen molar-refractivity contribution in [2.24, 2.45) is 7.05 Å². The van der Waals surface area contributed by atoms with Crippen molar-refractivity contribution >= 4 is 10.0 Å². The molecule has 2 aliphatic heterocycles. The number of sulfonamides is 1. The van der Waals surface area contributed by atoms with E-state index in [1.54, 1.807) is 29.2 Å². The van der Waals surface area contributed by atoms with Crippen molar-refractivity contribution in [1.29, 1.82) is 0 Å². The lowest BCUT2D eigenvalue weighted by Crippen LogP contribution is -2.67. The first kappa shape index (κ1) is 25.5. The molecule has 0 unspecified atom stereocenters. The highest BCUT2D eigenvalue weighted by Gasteiger charge is 2.50. The summed E-state index contributed by atoms with van der Waals surface area (Å²) in [5.74, 6) is 7.20. The molecule has 0 spiro atoms. The smallest absolute Gasteiger partial charge is 0.262 e. The fourth-order valence-corrected chi connectivity index (χ4v) is 6.85. The number of benzene rings is 2. The molecule has 3 aromatic rings. The van der Waals surface area contributed by atoms with Crippen LogP contribution in [0.1, 0.15) is 35.4 Å². The van der Waals surface area contributed by atoms with Gasteiger partial charge in [-0.15, -0.1) is 0 Å². The number of imidazole rings is 1. The summed E-state index contributed by atoms with van der Waals surface area (Å²) in [4.78, 5) is 6.37. The second kappa shape index (κ2) is 10.7. The third-order valence-electron chi connectivity index (χ3n) is 7.35. The van der Waals surface area contributed by atoms with Gasteiger partial charge >= 0.3 is 0 Å². The molecule has 37 heavy (non-hydrogen) atoms. The number of fused-ring (bicyclic) bond motifs is 1. The average molecular weight is 521 g/mol. The molecule has 3 heterocycles. The van der Waals surface area contributed by atoms with Gasteiger partial charge in [0.25, 0.3) is 10.0 Å². The third-order valence-corrected chi connectivity index (χ3v) is 9.11. The highest BCUT2D eigenvalue weighted by Crippen LogP contribution is 2.42. The summed E-state index contributed by atoms with van der Waals surface area (Å²) in [6.45, 7) is 1.74. The van der Waals surface area contributed by atoms with Crippen LogP contribution in [0.3, 0.4) is 0 Å². The first-order valence-corrected chi connectivity index (χ1v) is 14.0. The van der Waals surface area contributed by atoms with E-state index in [4.69, 9.17) is 4.74 Å². The summed E-state index contributed by atoms with van der Waals surface area (Å²) < 4.78 is 35.1. The van der Waals surface area contributed by atoms with E-state index in [1.807, 2.05) is 36.4 Å². The molecule has 8 nitrogen and oxygen atoms in total. The molecule has 9 heteroatoms. The average Bonchev–Trinajstić information content (AvgIpc) is 3.34. The molecule has 3 atom stereocenters. The zero-order valence-electron chi connectivity index (χ0n) is 21.1. The summed E-state index contributed by atoms with van der Waals surface area (Å²) in [5.41, 5.74) is 2.89. The Bertz CT molecular complexity index is 1390. The predicted octanol–water partition coefficient (Wildman–Crippen LogP) is 2.44. The molecule has 2 saturated heterocycles. The monoisotopic (exact) mass is 520 g/mol. The summed E-state index contributed by atoms with van der Waals surface area (Å²) in [7, 11) is -0.291. The fraction of sp³-hybridized carbons (Fsp3) is 0.393. The van der Waals surface area contributed by atoms with E-state index >= 15 is 0 Å². The fourth-order valence-electron chi connectivity index (χ4n) is 5.39. The highest BCUT2D eigenvalue weighted by molar-refractivity contribution is 7.89. The second-order valence-electron chi connectivity index (χ2n) is 9.63. The Labute approximate surface area is 218 Å². The van der Waals surface area contributed by atoms with E-state index in [0.717, 1.165) is 41.8 Å². The van der Waals surface area contributed by atoms with E-state index in [0.29, 0.717) is 13.1 Å². The molecule has 2 aliphatic rings. The Morgan fingerprint density at radius 1 is 1.03 bits per heavy atom. The molecule has 2 aromatic carbocycles. The summed E-state index contributed by atoms with van der Waals surface area (Å²) in [5, 5.41) is 10.3. The molecule has 1 N–H and O–H groups in total. The van der Waals surface area contributed by atoms with E-state index in [2.05, 4.69) is 33.9 Å². The molecule has 0 amide bonds. The summed E-state index contributed by atoms with van der Waals surface area (Å²) >= 11 is 0. The van der Waals surface area contributed by atoms with Crippen molar-refractivity contribution < 1.29 is 18.3 Å². The quantitative estimate of drug-likeness (QED) is 0.520. The van der Waals surface area contributed by atoms with Gasteiger partial charge in [-0.3, -0.25) is 4.90 Å². The lowest BCUT2D eigenvalue weighted by molar-refractivity contribution is -0.0554. The standard InChI is InChI=1S/C28H32N4O4S/c1-30-18-27(29-20-30)37(34,35)31-15-3-4-16-32-25(17-31)28(26(32)19-33)23-11-7-21(8-12-23)5-6-22-9-13-24(36-2)14-10-22/h7-14,18,20,25-26,28,33H,3-4,15-17,19H2,1-2H3/t25-,26+,28+/m0/s1. The molecular weight excluding hydrogens is 488 g/mol. The van der Waals surface area contributed by atoms with Crippen LogP contribution in [0.5, 0.6) is 5.75 Å². The Hall–Kier alpha value is -3.16. The van der Waals surface area contributed by atoms with Crippen LogP contribution in [0.25, 0.3) is 0 Å². The number of aliphatic hydroxyl groups is 1. The zero-order valence-corrected chi connectivity index (χ0v) is 21.9. The van der Waals surface area contributed by atoms with E-state index in [9.17, 15) is 13.5 Å². The minimum absolute atomic E-state index is 0.00725. The molecule has 0 aliphatic carbocycles. The molecule has 2 fully saturated rings. The van der Waals surface area contributed by atoms with Crippen LogP contribution in [0.2, 0.25) is 0 Å².